The van der Waals surface area contributed by atoms with Crippen LogP contribution >= 0.6 is 0 Å². The fraction of sp³-hybridized carbons (Fsp3) is 0.250. The number of aryl methyl sites for hydroxylation is 3. The largest absolute Gasteiger partial charge is 0.490 e. The highest BCUT2D eigenvalue weighted by atomic mass is 16.5. The van der Waals surface area contributed by atoms with Gasteiger partial charge in [-0.15, -0.1) is 0 Å². The summed E-state index contributed by atoms with van der Waals surface area (Å²) in [6.07, 6.45) is 1.69. The van der Waals surface area contributed by atoms with Gasteiger partial charge in [0.25, 0.3) is 0 Å². The zero-order valence-corrected chi connectivity index (χ0v) is 14.5. The number of ether oxygens (including phenoxy) is 1. The molecule has 0 fully saturated rings. The second-order valence-corrected chi connectivity index (χ2v) is 5.80. The lowest BCUT2D eigenvalue weighted by atomic mass is 10.1. The average Bonchev–Trinajstić information content (AvgIpc) is 2.53. The van der Waals surface area contributed by atoms with Crippen molar-refractivity contribution in [1.82, 2.24) is 0 Å². The Morgan fingerprint density at radius 2 is 1.75 bits per heavy atom. The van der Waals surface area contributed by atoms with E-state index in [2.05, 4.69) is 36.3 Å². The predicted molar refractivity (Wildman–Crippen MR) is 99.9 cm³/mol. The van der Waals surface area contributed by atoms with Crippen LogP contribution in [-0.4, -0.2) is 19.1 Å². The van der Waals surface area contributed by atoms with E-state index in [9.17, 15) is 4.79 Å². The molecule has 0 saturated carbocycles. The second-order valence-electron chi connectivity index (χ2n) is 5.80. The maximum absolute atomic E-state index is 12.1. The lowest BCUT2D eigenvalue weighted by Gasteiger charge is -2.14. The molecular weight excluding hydrogens is 300 g/mol. The minimum absolute atomic E-state index is 0.0888. The standard InChI is InChI=1S/C20H24N2O2/c1-5-10-24-18-8-6-17(7-9-18)22-19(23)13-21-20-15(3)11-14(2)12-16(20)4/h5-9,11-12,21H,1,10,13H2,2-4H3,(H,22,23). The van der Waals surface area contributed by atoms with Gasteiger partial charge in [-0.25, -0.2) is 0 Å². The summed E-state index contributed by atoms with van der Waals surface area (Å²) in [5.41, 5.74) is 5.26. The summed E-state index contributed by atoms with van der Waals surface area (Å²) in [4.78, 5) is 12.1. The first-order valence-corrected chi connectivity index (χ1v) is 7.95. The molecule has 1 amide bonds. The third-order valence-corrected chi connectivity index (χ3v) is 3.61. The summed E-state index contributed by atoms with van der Waals surface area (Å²) in [5.74, 6) is 0.658. The molecule has 0 aliphatic rings. The molecule has 2 aromatic rings. The van der Waals surface area contributed by atoms with Crippen LogP contribution in [0.1, 0.15) is 16.7 Å². The van der Waals surface area contributed by atoms with Gasteiger partial charge in [0, 0.05) is 11.4 Å². The Balaban J connectivity index is 1.90. The normalized spacial score (nSPS) is 10.1. The number of carbonyl (C=O) groups excluding carboxylic acids is 1. The van der Waals surface area contributed by atoms with Crippen LogP contribution in [0.15, 0.2) is 49.1 Å². The highest BCUT2D eigenvalue weighted by molar-refractivity contribution is 5.94. The Kier molecular flexibility index (Phi) is 6.01. The molecule has 0 aromatic heterocycles. The van der Waals surface area contributed by atoms with E-state index < -0.39 is 0 Å². The van der Waals surface area contributed by atoms with Crippen molar-refractivity contribution in [1.29, 1.82) is 0 Å². The molecule has 2 N–H and O–H groups in total. The van der Waals surface area contributed by atoms with Crippen molar-refractivity contribution in [3.05, 3.63) is 65.7 Å². The molecule has 0 bridgehead atoms. The van der Waals surface area contributed by atoms with Crippen molar-refractivity contribution in [2.75, 3.05) is 23.8 Å². The second kappa shape index (κ2) is 8.20. The first-order valence-electron chi connectivity index (χ1n) is 7.95. The summed E-state index contributed by atoms with van der Waals surface area (Å²) < 4.78 is 5.41. The summed E-state index contributed by atoms with van der Waals surface area (Å²) >= 11 is 0. The SMILES string of the molecule is C=CCOc1ccc(NC(=O)CNc2c(C)cc(C)cc2C)cc1. The lowest BCUT2D eigenvalue weighted by Crippen LogP contribution is -2.22. The smallest absolute Gasteiger partial charge is 0.243 e. The minimum atomic E-state index is -0.0888. The molecule has 2 aromatic carbocycles. The molecule has 2 rings (SSSR count). The summed E-state index contributed by atoms with van der Waals surface area (Å²) in [6.45, 7) is 10.4. The first-order chi connectivity index (χ1) is 11.5. The first kappa shape index (κ1) is 17.6. The number of anilines is 2. The number of hydrogen-bond acceptors (Lipinski definition) is 3. The number of carbonyl (C=O) groups is 1. The predicted octanol–water partition coefficient (Wildman–Crippen LogP) is 4.23. The van der Waals surface area contributed by atoms with E-state index >= 15 is 0 Å². The van der Waals surface area contributed by atoms with Crippen molar-refractivity contribution in [3.63, 3.8) is 0 Å². The lowest BCUT2D eigenvalue weighted by molar-refractivity contribution is -0.114. The van der Waals surface area contributed by atoms with Crippen LogP contribution in [0.25, 0.3) is 0 Å². The molecule has 0 saturated heterocycles. The fourth-order valence-electron chi connectivity index (χ4n) is 2.62. The molecule has 0 spiro atoms. The highest BCUT2D eigenvalue weighted by Gasteiger charge is 2.07. The highest BCUT2D eigenvalue weighted by Crippen LogP contribution is 2.21. The molecule has 0 atom stereocenters. The van der Waals surface area contributed by atoms with E-state index in [1.165, 1.54) is 5.56 Å². The zero-order valence-electron chi connectivity index (χ0n) is 14.5. The number of nitrogens with one attached hydrogen (secondary N) is 2. The fourth-order valence-corrected chi connectivity index (χ4v) is 2.62. The van der Waals surface area contributed by atoms with Crippen LogP contribution in [0.4, 0.5) is 11.4 Å². The molecule has 4 nitrogen and oxygen atoms in total. The number of rotatable bonds is 7. The molecule has 0 heterocycles. The van der Waals surface area contributed by atoms with Gasteiger partial charge in [-0.05, 0) is 56.2 Å². The maximum Gasteiger partial charge on any atom is 0.243 e. The van der Waals surface area contributed by atoms with Crippen LogP contribution in [0.5, 0.6) is 5.75 Å². The number of amides is 1. The van der Waals surface area contributed by atoms with Crippen molar-refractivity contribution < 1.29 is 9.53 Å². The maximum atomic E-state index is 12.1. The van der Waals surface area contributed by atoms with Crippen LogP contribution in [0.3, 0.4) is 0 Å². The van der Waals surface area contributed by atoms with Gasteiger partial charge >= 0.3 is 0 Å². The molecule has 0 aliphatic heterocycles. The molecule has 24 heavy (non-hydrogen) atoms. The van der Waals surface area contributed by atoms with Crippen LogP contribution in [0.2, 0.25) is 0 Å². The summed E-state index contributed by atoms with van der Waals surface area (Å²) in [5, 5.41) is 6.09. The van der Waals surface area contributed by atoms with E-state index in [1.54, 1.807) is 6.08 Å². The van der Waals surface area contributed by atoms with Gasteiger partial charge in [-0.2, -0.15) is 0 Å². The number of hydrogen-bond donors (Lipinski definition) is 2. The van der Waals surface area contributed by atoms with E-state index in [0.717, 1.165) is 28.3 Å². The molecule has 4 heteroatoms. The third kappa shape index (κ3) is 4.88. The van der Waals surface area contributed by atoms with Crippen molar-refractivity contribution >= 4 is 17.3 Å². The number of benzene rings is 2. The molecular formula is C20H24N2O2. The van der Waals surface area contributed by atoms with E-state index in [0.29, 0.717) is 6.61 Å². The van der Waals surface area contributed by atoms with Gasteiger partial charge in [-0.3, -0.25) is 4.79 Å². The van der Waals surface area contributed by atoms with Crippen molar-refractivity contribution in [3.8, 4) is 5.75 Å². The Hall–Kier alpha value is -2.75. The van der Waals surface area contributed by atoms with Gasteiger partial charge < -0.3 is 15.4 Å². The summed E-state index contributed by atoms with van der Waals surface area (Å²) in [7, 11) is 0. The van der Waals surface area contributed by atoms with Crippen molar-refractivity contribution in [2.24, 2.45) is 0 Å². The van der Waals surface area contributed by atoms with Gasteiger partial charge in [0.1, 0.15) is 12.4 Å². The van der Waals surface area contributed by atoms with Gasteiger partial charge in [0.05, 0.1) is 6.54 Å². The Labute approximate surface area is 143 Å². The summed E-state index contributed by atoms with van der Waals surface area (Å²) in [6, 6.07) is 11.5. The average molecular weight is 324 g/mol. The van der Waals surface area contributed by atoms with Crippen LogP contribution in [0, 0.1) is 20.8 Å². The van der Waals surface area contributed by atoms with E-state index in [1.807, 2.05) is 38.1 Å². The molecule has 0 radical (unpaired) electrons. The topological polar surface area (TPSA) is 50.4 Å². The zero-order chi connectivity index (χ0) is 17.5. The van der Waals surface area contributed by atoms with Gasteiger partial charge in [0.15, 0.2) is 0 Å². The molecule has 0 aliphatic carbocycles. The van der Waals surface area contributed by atoms with E-state index in [-0.39, 0.29) is 12.5 Å². The monoisotopic (exact) mass is 324 g/mol. The molecule has 126 valence electrons. The van der Waals surface area contributed by atoms with Crippen LogP contribution < -0.4 is 15.4 Å². The molecule has 0 unspecified atom stereocenters. The van der Waals surface area contributed by atoms with Crippen molar-refractivity contribution in [2.45, 2.75) is 20.8 Å². The van der Waals surface area contributed by atoms with Crippen LogP contribution in [-0.2, 0) is 4.79 Å². The Bertz CT molecular complexity index is 698. The third-order valence-electron chi connectivity index (χ3n) is 3.61. The Morgan fingerprint density at radius 3 is 2.33 bits per heavy atom. The van der Waals surface area contributed by atoms with Gasteiger partial charge in [-0.1, -0.05) is 30.4 Å². The van der Waals surface area contributed by atoms with Gasteiger partial charge in [0.2, 0.25) is 5.91 Å². The van der Waals surface area contributed by atoms with E-state index in [4.69, 9.17) is 4.74 Å². The minimum Gasteiger partial charge on any atom is -0.490 e. The Morgan fingerprint density at radius 1 is 1.12 bits per heavy atom. The quantitative estimate of drug-likeness (QED) is 0.750.